The van der Waals surface area contributed by atoms with Crippen molar-refractivity contribution in [2.75, 3.05) is 0 Å². The van der Waals surface area contributed by atoms with Crippen LogP contribution >= 0.6 is 11.8 Å². The van der Waals surface area contributed by atoms with Crippen molar-refractivity contribution in [1.82, 2.24) is 20.2 Å². The van der Waals surface area contributed by atoms with Gasteiger partial charge >= 0.3 is 12.6 Å². The van der Waals surface area contributed by atoms with Crippen molar-refractivity contribution in [1.29, 1.82) is 0 Å². The van der Waals surface area contributed by atoms with Crippen LogP contribution in [0.5, 0.6) is 0 Å². The number of amides is 3. The number of thioether (sulfide) groups is 1. The molecular weight excluding hydrogens is 338 g/mol. The average Bonchev–Trinajstić information content (AvgIpc) is 3.24. The topological polar surface area (TPSA) is 76.0 Å². The summed E-state index contributed by atoms with van der Waals surface area (Å²) in [5.41, 5.74) is 0.730. The average molecular weight is 354 g/mol. The second-order valence-corrected chi connectivity index (χ2v) is 6.84. The van der Waals surface area contributed by atoms with E-state index >= 15 is 0 Å². The number of aromatic nitrogens is 2. The number of hydrogen-bond acceptors (Lipinski definition) is 4. The van der Waals surface area contributed by atoms with Gasteiger partial charge in [0.05, 0.1) is 16.3 Å². The molecule has 1 aromatic heterocycles. The van der Waals surface area contributed by atoms with Crippen LogP contribution in [-0.2, 0) is 4.79 Å². The summed E-state index contributed by atoms with van der Waals surface area (Å²) in [7, 11) is 0. The maximum absolute atomic E-state index is 13.3. The van der Waals surface area contributed by atoms with E-state index in [2.05, 4.69) is 15.6 Å². The lowest BCUT2D eigenvalue weighted by molar-refractivity contribution is -0.119. The highest BCUT2D eigenvalue weighted by molar-refractivity contribution is 8.00. The van der Waals surface area contributed by atoms with Crippen molar-refractivity contribution >= 4 is 34.7 Å². The predicted molar refractivity (Wildman–Crippen MR) is 86.0 cm³/mol. The molecule has 3 amide bonds. The first kappa shape index (κ1) is 16.7. The number of halogens is 2. The number of hydrogen-bond donors (Lipinski definition) is 2. The van der Waals surface area contributed by atoms with Crippen molar-refractivity contribution in [3.63, 3.8) is 0 Å². The van der Waals surface area contributed by atoms with Crippen molar-refractivity contribution < 1.29 is 18.4 Å². The second-order valence-electron chi connectivity index (χ2n) is 5.53. The number of alkyl halides is 2. The second kappa shape index (κ2) is 6.76. The van der Waals surface area contributed by atoms with E-state index in [1.807, 2.05) is 0 Å². The van der Waals surface area contributed by atoms with Crippen LogP contribution in [-0.4, -0.2) is 32.8 Å². The van der Waals surface area contributed by atoms with Crippen LogP contribution in [0.3, 0.4) is 0 Å². The monoisotopic (exact) mass is 354 g/mol. The summed E-state index contributed by atoms with van der Waals surface area (Å²) < 4.78 is 27.5. The van der Waals surface area contributed by atoms with Crippen molar-refractivity contribution in [2.45, 2.75) is 42.8 Å². The van der Waals surface area contributed by atoms with Crippen LogP contribution in [0.15, 0.2) is 29.4 Å². The van der Waals surface area contributed by atoms with Crippen LogP contribution < -0.4 is 10.6 Å². The normalized spacial score (nSPS) is 15.5. The molecule has 1 aliphatic carbocycles. The molecule has 1 fully saturated rings. The molecule has 1 heterocycles. The highest BCUT2D eigenvalue weighted by Gasteiger charge is 2.26. The molecule has 2 aromatic rings. The van der Waals surface area contributed by atoms with Gasteiger partial charge in [0, 0.05) is 6.04 Å². The number of fused-ring (bicyclic) bond motifs is 1. The number of imide groups is 1. The Morgan fingerprint density at radius 2 is 2.04 bits per heavy atom. The number of carbonyl (C=O) groups excluding carboxylic acids is 2. The Morgan fingerprint density at radius 1 is 1.33 bits per heavy atom. The molecule has 0 aliphatic heterocycles. The molecule has 1 aliphatic rings. The third kappa shape index (κ3) is 3.66. The molecule has 1 atom stereocenters. The predicted octanol–water partition coefficient (Wildman–Crippen LogP) is 2.90. The SMILES string of the molecule is CC(Sc1nc2ccccc2n1C(F)F)C(=O)NC(=O)NC1CC1. The zero-order valence-corrected chi connectivity index (χ0v) is 13.6. The molecule has 2 N–H and O–H groups in total. The number of benzene rings is 1. The number of urea groups is 1. The van der Waals surface area contributed by atoms with E-state index in [4.69, 9.17) is 0 Å². The Labute approximate surface area is 141 Å². The molecule has 0 bridgehead atoms. The smallest absolute Gasteiger partial charge is 0.321 e. The molecule has 0 saturated heterocycles. The lowest BCUT2D eigenvalue weighted by Gasteiger charge is -2.12. The van der Waals surface area contributed by atoms with Gasteiger partial charge in [-0.15, -0.1) is 0 Å². The third-order valence-corrected chi connectivity index (χ3v) is 4.63. The van der Waals surface area contributed by atoms with E-state index in [0.717, 1.165) is 29.2 Å². The third-order valence-electron chi connectivity index (χ3n) is 3.56. The van der Waals surface area contributed by atoms with Gasteiger partial charge in [-0.1, -0.05) is 23.9 Å². The minimum absolute atomic E-state index is 0.0384. The van der Waals surface area contributed by atoms with Gasteiger partial charge in [0.15, 0.2) is 5.16 Å². The highest BCUT2D eigenvalue weighted by atomic mass is 32.2. The zero-order chi connectivity index (χ0) is 17.3. The summed E-state index contributed by atoms with van der Waals surface area (Å²) in [6.45, 7) is -1.23. The lowest BCUT2D eigenvalue weighted by Crippen LogP contribution is -2.43. The van der Waals surface area contributed by atoms with E-state index in [-0.39, 0.29) is 11.2 Å². The Hall–Kier alpha value is -2.16. The molecule has 1 aromatic carbocycles. The number of rotatable bonds is 5. The molecule has 6 nitrogen and oxygen atoms in total. The van der Waals surface area contributed by atoms with Gasteiger partial charge in [-0.2, -0.15) is 8.78 Å². The number of nitrogens with one attached hydrogen (secondary N) is 2. The van der Waals surface area contributed by atoms with E-state index in [1.165, 1.54) is 0 Å². The Morgan fingerprint density at radius 3 is 2.71 bits per heavy atom. The van der Waals surface area contributed by atoms with Gasteiger partial charge in [0.2, 0.25) is 5.91 Å². The Kier molecular flexibility index (Phi) is 4.70. The molecule has 128 valence electrons. The van der Waals surface area contributed by atoms with Gasteiger partial charge < -0.3 is 5.32 Å². The van der Waals surface area contributed by atoms with Gasteiger partial charge in [-0.05, 0) is 31.9 Å². The Balaban J connectivity index is 1.72. The fraction of sp³-hybridized carbons (Fsp3) is 0.400. The van der Waals surface area contributed by atoms with Gasteiger partial charge in [0.25, 0.3) is 0 Å². The largest absolute Gasteiger partial charge is 0.335 e. The summed E-state index contributed by atoms with van der Waals surface area (Å²) in [4.78, 5) is 27.8. The van der Waals surface area contributed by atoms with Crippen molar-refractivity contribution in [3.8, 4) is 0 Å². The van der Waals surface area contributed by atoms with Crippen LogP contribution in [0.4, 0.5) is 13.6 Å². The molecule has 9 heteroatoms. The molecular formula is C15H16F2N4O2S. The summed E-state index contributed by atoms with van der Waals surface area (Å²) >= 11 is 0.889. The van der Waals surface area contributed by atoms with Gasteiger partial charge in [0.1, 0.15) is 0 Å². The number of imidazole rings is 1. The van der Waals surface area contributed by atoms with Crippen LogP contribution in [0, 0.1) is 0 Å². The van der Waals surface area contributed by atoms with E-state index in [0.29, 0.717) is 11.0 Å². The van der Waals surface area contributed by atoms with E-state index < -0.39 is 23.7 Å². The molecule has 3 rings (SSSR count). The van der Waals surface area contributed by atoms with Crippen molar-refractivity contribution in [2.24, 2.45) is 0 Å². The van der Waals surface area contributed by atoms with Gasteiger partial charge in [-0.25, -0.2) is 9.78 Å². The highest BCUT2D eigenvalue weighted by Crippen LogP contribution is 2.31. The van der Waals surface area contributed by atoms with Crippen LogP contribution in [0.2, 0.25) is 0 Å². The molecule has 1 unspecified atom stereocenters. The minimum atomic E-state index is -2.77. The molecule has 24 heavy (non-hydrogen) atoms. The maximum Gasteiger partial charge on any atom is 0.321 e. The van der Waals surface area contributed by atoms with E-state index in [9.17, 15) is 18.4 Å². The number of para-hydroxylation sites is 2. The first-order valence-electron chi connectivity index (χ1n) is 7.49. The maximum atomic E-state index is 13.3. The number of carbonyl (C=O) groups is 2. The summed E-state index contributed by atoms with van der Waals surface area (Å²) in [5.74, 6) is -0.550. The minimum Gasteiger partial charge on any atom is -0.335 e. The van der Waals surface area contributed by atoms with Crippen LogP contribution in [0.1, 0.15) is 26.3 Å². The van der Waals surface area contributed by atoms with Gasteiger partial charge in [-0.3, -0.25) is 14.7 Å². The zero-order valence-electron chi connectivity index (χ0n) is 12.8. The lowest BCUT2D eigenvalue weighted by atomic mass is 10.3. The first-order chi connectivity index (χ1) is 11.5. The summed E-state index contributed by atoms with van der Waals surface area (Å²) in [6, 6.07) is 6.10. The molecule has 1 saturated carbocycles. The fourth-order valence-corrected chi connectivity index (χ4v) is 3.09. The van der Waals surface area contributed by atoms with Crippen molar-refractivity contribution in [3.05, 3.63) is 24.3 Å². The summed E-state index contributed by atoms with van der Waals surface area (Å²) in [6.07, 6.45) is 1.81. The summed E-state index contributed by atoms with van der Waals surface area (Å²) in [5, 5.41) is 4.15. The molecule has 0 radical (unpaired) electrons. The Bertz CT molecular complexity index is 776. The fourth-order valence-electron chi connectivity index (χ4n) is 2.17. The first-order valence-corrected chi connectivity index (χ1v) is 8.37. The van der Waals surface area contributed by atoms with E-state index in [1.54, 1.807) is 31.2 Å². The standard InChI is InChI=1S/C15H16F2N4O2S/c1-8(12(22)20-14(23)18-9-6-7-9)24-15-19-10-4-2-3-5-11(10)21(15)13(16)17/h2-5,8-9,13H,6-7H2,1H3,(H2,18,20,22,23). The van der Waals surface area contributed by atoms with Crippen LogP contribution in [0.25, 0.3) is 11.0 Å². The molecule has 0 spiro atoms. The quantitative estimate of drug-likeness (QED) is 0.810. The number of nitrogens with zero attached hydrogens (tertiary/aromatic N) is 2.